The number of fused-ring (bicyclic) bond motifs is 1. The minimum Gasteiger partial charge on any atom is -0.493 e. The number of ether oxygens (including phenoxy) is 3. The fraction of sp³-hybridized carbons (Fsp3) is 0.381. The summed E-state index contributed by atoms with van der Waals surface area (Å²) in [6.07, 6.45) is 3.11. The van der Waals surface area contributed by atoms with E-state index in [4.69, 9.17) is 14.2 Å². The Hall–Kier alpha value is -2.56. The molecule has 138 valence electrons. The quantitative estimate of drug-likeness (QED) is 0.721. The highest BCUT2D eigenvalue weighted by Gasteiger charge is 2.35. The lowest BCUT2D eigenvalue weighted by atomic mass is 9.69. The fourth-order valence-electron chi connectivity index (χ4n) is 3.65. The van der Waals surface area contributed by atoms with E-state index in [9.17, 15) is 9.18 Å². The number of aryl methyl sites for hydroxylation is 1. The monoisotopic (exact) mass is 358 g/mol. The van der Waals surface area contributed by atoms with Crippen molar-refractivity contribution in [3.05, 3.63) is 53.3 Å². The highest BCUT2D eigenvalue weighted by Crippen LogP contribution is 2.45. The molecule has 1 aliphatic rings. The summed E-state index contributed by atoms with van der Waals surface area (Å²) < 4.78 is 29.7. The van der Waals surface area contributed by atoms with E-state index in [0.29, 0.717) is 23.7 Å². The molecule has 0 heterocycles. The Kier molecular flexibility index (Phi) is 5.16. The molecule has 0 bridgehead atoms. The third-order valence-corrected chi connectivity index (χ3v) is 5.00. The van der Waals surface area contributed by atoms with Crippen molar-refractivity contribution < 1.29 is 23.4 Å². The van der Waals surface area contributed by atoms with Crippen LogP contribution in [-0.2, 0) is 21.4 Å². The highest BCUT2D eigenvalue weighted by molar-refractivity contribution is 5.72. The molecule has 0 radical (unpaired) electrons. The number of carbonyl (C=O) groups is 1. The Morgan fingerprint density at radius 3 is 2.69 bits per heavy atom. The molecule has 0 amide bonds. The first-order chi connectivity index (χ1) is 12.4. The molecule has 0 unspecified atom stereocenters. The minimum atomic E-state index is -0.366. The topological polar surface area (TPSA) is 44.8 Å². The van der Waals surface area contributed by atoms with Crippen molar-refractivity contribution in [1.82, 2.24) is 0 Å². The van der Waals surface area contributed by atoms with Gasteiger partial charge in [0.15, 0.2) is 11.5 Å². The van der Waals surface area contributed by atoms with E-state index < -0.39 is 0 Å². The molecule has 1 aliphatic carbocycles. The summed E-state index contributed by atoms with van der Waals surface area (Å²) in [5, 5.41) is 0. The number of methoxy groups -OCH3 is 2. The number of carbonyl (C=O) groups excluding carboxylic acids is 1. The maximum Gasteiger partial charge on any atom is 0.306 e. The van der Waals surface area contributed by atoms with Crippen molar-refractivity contribution in [2.45, 2.75) is 38.0 Å². The Morgan fingerprint density at radius 1 is 1.19 bits per heavy atom. The third kappa shape index (κ3) is 3.66. The Labute approximate surface area is 152 Å². The number of esters is 1. The lowest BCUT2D eigenvalue weighted by Gasteiger charge is -2.35. The summed E-state index contributed by atoms with van der Waals surface area (Å²) in [6.45, 7) is 2.07. The van der Waals surface area contributed by atoms with Crippen LogP contribution >= 0.6 is 0 Å². The second-order valence-corrected chi connectivity index (χ2v) is 6.89. The van der Waals surface area contributed by atoms with Gasteiger partial charge in [0.2, 0.25) is 0 Å². The third-order valence-electron chi connectivity index (χ3n) is 5.00. The molecule has 1 atom stereocenters. The molecule has 26 heavy (non-hydrogen) atoms. The number of hydrogen-bond donors (Lipinski definition) is 0. The fourth-order valence-corrected chi connectivity index (χ4v) is 3.65. The lowest BCUT2D eigenvalue weighted by molar-refractivity contribution is -0.142. The van der Waals surface area contributed by atoms with Crippen LogP contribution < -0.4 is 9.47 Å². The molecule has 2 aromatic rings. The predicted octanol–water partition coefficient (Wildman–Crippen LogP) is 4.78. The van der Waals surface area contributed by atoms with Gasteiger partial charge in [-0.05, 0) is 54.7 Å². The normalized spacial score (nSPS) is 18.8. The van der Waals surface area contributed by atoms with Crippen LogP contribution in [-0.4, -0.2) is 20.2 Å². The van der Waals surface area contributed by atoms with Crippen molar-refractivity contribution in [1.29, 1.82) is 0 Å². The van der Waals surface area contributed by atoms with Gasteiger partial charge in [-0.2, -0.15) is 0 Å². The van der Waals surface area contributed by atoms with Gasteiger partial charge in [0, 0.05) is 11.5 Å². The van der Waals surface area contributed by atoms with Gasteiger partial charge in [-0.15, -0.1) is 0 Å². The molecule has 3 rings (SSSR count). The molecule has 5 heteroatoms. The van der Waals surface area contributed by atoms with Gasteiger partial charge in [0.1, 0.15) is 11.6 Å². The van der Waals surface area contributed by atoms with Crippen LogP contribution in [0, 0.1) is 5.82 Å². The van der Waals surface area contributed by atoms with Crippen LogP contribution in [0.15, 0.2) is 36.4 Å². The molecule has 0 aliphatic heterocycles. The molecule has 2 aromatic carbocycles. The van der Waals surface area contributed by atoms with E-state index in [1.807, 2.05) is 12.1 Å². The standard InChI is InChI=1S/C21H23FO4/c1-21(13-20(23)25-3)9-5-6-14-10-18(24-2)19(12-17(14)21)26-16-8-4-7-15(22)11-16/h4,7-8,10-12H,5-6,9,13H2,1-3H3/t21-/m1/s1. The molecular formula is C21H23FO4. The molecule has 0 N–H and O–H groups in total. The summed E-state index contributed by atoms with van der Waals surface area (Å²) in [6, 6.07) is 9.85. The Balaban J connectivity index is 2.02. The summed E-state index contributed by atoms with van der Waals surface area (Å²) in [5.74, 6) is 0.901. The first kappa shape index (κ1) is 18.2. The zero-order valence-electron chi connectivity index (χ0n) is 15.3. The van der Waals surface area contributed by atoms with Gasteiger partial charge in [-0.3, -0.25) is 4.79 Å². The second kappa shape index (κ2) is 7.36. The summed E-state index contributed by atoms with van der Waals surface area (Å²) >= 11 is 0. The van der Waals surface area contributed by atoms with E-state index in [0.717, 1.165) is 30.4 Å². The number of halogens is 1. The number of hydrogen-bond acceptors (Lipinski definition) is 4. The van der Waals surface area contributed by atoms with Gasteiger partial charge in [0.25, 0.3) is 0 Å². The van der Waals surface area contributed by atoms with E-state index in [2.05, 4.69) is 6.92 Å². The molecule has 0 fully saturated rings. The average Bonchev–Trinajstić information content (AvgIpc) is 2.61. The van der Waals surface area contributed by atoms with E-state index >= 15 is 0 Å². The van der Waals surface area contributed by atoms with Gasteiger partial charge in [-0.1, -0.05) is 13.0 Å². The molecule has 0 saturated carbocycles. The van der Waals surface area contributed by atoms with Gasteiger partial charge in [0.05, 0.1) is 20.6 Å². The Bertz CT molecular complexity index is 818. The largest absolute Gasteiger partial charge is 0.493 e. The van der Waals surface area contributed by atoms with Crippen LogP contribution in [0.25, 0.3) is 0 Å². The summed E-state index contributed by atoms with van der Waals surface area (Å²) in [7, 11) is 2.98. The zero-order chi connectivity index (χ0) is 18.7. The van der Waals surface area contributed by atoms with Crippen molar-refractivity contribution in [3.8, 4) is 17.2 Å². The van der Waals surface area contributed by atoms with Crippen LogP contribution in [0.3, 0.4) is 0 Å². The number of benzene rings is 2. The maximum absolute atomic E-state index is 13.5. The van der Waals surface area contributed by atoms with E-state index in [1.54, 1.807) is 19.2 Å². The first-order valence-corrected chi connectivity index (χ1v) is 8.67. The van der Waals surface area contributed by atoms with Crippen LogP contribution in [0.5, 0.6) is 17.2 Å². The van der Waals surface area contributed by atoms with E-state index in [-0.39, 0.29) is 17.2 Å². The zero-order valence-corrected chi connectivity index (χ0v) is 15.3. The van der Waals surface area contributed by atoms with Gasteiger partial charge in [-0.25, -0.2) is 4.39 Å². The highest BCUT2D eigenvalue weighted by atomic mass is 19.1. The smallest absolute Gasteiger partial charge is 0.306 e. The number of rotatable bonds is 5. The SMILES string of the molecule is COC(=O)C[C@@]1(C)CCCc2cc(OC)c(Oc3cccc(F)c3)cc21. The van der Waals surface area contributed by atoms with Crippen LogP contribution in [0.2, 0.25) is 0 Å². The predicted molar refractivity (Wildman–Crippen MR) is 96.4 cm³/mol. The summed E-state index contributed by atoms with van der Waals surface area (Å²) in [4.78, 5) is 11.9. The van der Waals surface area contributed by atoms with Gasteiger partial charge >= 0.3 is 5.97 Å². The van der Waals surface area contributed by atoms with Crippen molar-refractivity contribution in [2.75, 3.05) is 14.2 Å². The molecule has 0 saturated heterocycles. The Morgan fingerprint density at radius 2 is 2.00 bits per heavy atom. The average molecular weight is 358 g/mol. The molecule has 0 spiro atoms. The molecule has 4 nitrogen and oxygen atoms in total. The maximum atomic E-state index is 13.5. The van der Waals surface area contributed by atoms with Crippen LogP contribution in [0.4, 0.5) is 4.39 Å². The van der Waals surface area contributed by atoms with Crippen molar-refractivity contribution >= 4 is 5.97 Å². The minimum absolute atomic E-state index is 0.233. The van der Waals surface area contributed by atoms with Crippen LogP contribution in [0.1, 0.15) is 37.3 Å². The van der Waals surface area contributed by atoms with Gasteiger partial charge < -0.3 is 14.2 Å². The van der Waals surface area contributed by atoms with E-state index in [1.165, 1.54) is 19.2 Å². The summed E-state index contributed by atoms with van der Waals surface area (Å²) in [5.41, 5.74) is 1.87. The van der Waals surface area contributed by atoms with Crippen molar-refractivity contribution in [3.63, 3.8) is 0 Å². The second-order valence-electron chi connectivity index (χ2n) is 6.89. The lowest BCUT2D eigenvalue weighted by Crippen LogP contribution is -2.31. The molecular weight excluding hydrogens is 335 g/mol. The van der Waals surface area contributed by atoms with Crippen molar-refractivity contribution in [2.24, 2.45) is 0 Å². The first-order valence-electron chi connectivity index (χ1n) is 8.67. The molecule has 0 aromatic heterocycles.